The summed E-state index contributed by atoms with van der Waals surface area (Å²) < 4.78 is 13.0. The average Bonchev–Trinajstić information content (AvgIpc) is 2.65. The van der Waals surface area contributed by atoms with Crippen LogP contribution in [0.2, 0.25) is 0 Å². The molecule has 15 heavy (non-hydrogen) atoms. The van der Waals surface area contributed by atoms with Crippen LogP contribution in [-0.2, 0) is 4.79 Å². The Morgan fingerprint density at radius 1 is 1.53 bits per heavy atom. The van der Waals surface area contributed by atoms with Crippen molar-refractivity contribution in [1.29, 1.82) is 0 Å². The minimum Gasteiger partial charge on any atom is -0.550 e. The second kappa shape index (κ2) is 3.98. The molecule has 4 heteroatoms. The molecular weight excluding hydrogens is 197 g/mol. The lowest BCUT2D eigenvalue weighted by atomic mass is 9.94. The molecule has 2 N–H and O–H groups in total. The second-order valence-electron chi connectivity index (χ2n) is 3.82. The molecule has 0 radical (unpaired) electrons. The van der Waals surface area contributed by atoms with E-state index in [9.17, 15) is 14.3 Å². The van der Waals surface area contributed by atoms with Crippen LogP contribution < -0.4 is 10.4 Å². The molecule has 1 aliphatic heterocycles. The molecule has 2 rings (SSSR count). The zero-order chi connectivity index (χ0) is 10.8. The predicted octanol–water partition coefficient (Wildman–Crippen LogP) is -0.800. The first-order chi connectivity index (χ1) is 7.18. The zero-order valence-electron chi connectivity index (χ0n) is 8.15. The number of carbonyl (C=O) groups is 1. The van der Waals surface area contributed by atoms with Crippen LogP contribution in [0.4, 0.5) is 4.39 Å². The van der Waals surface area contributed by atoms with Gasteiger partial charge in [0, 0.05) is 12.0 Å². The van der Waals surface area contributed by atoms with E-state index in [0.29, 0.717) is 6.42 Å². The molecule has 1 fully saturated rings. The molecule has 0 bridgehead atoms. The summed E-state index contributed by atoms with van der Waals surface area (Å²) in [7, 11) is 0. The summed E-state index contributed by atoms with van der Waals surface area (Å²) in [4.78, 5) is 10.8. The Morgan fingerprint density at radius 2 is 2.33 bits per heavy atom. The van der Waals surface area contributed by atoms with Crippen molar-refractivity contribution in [3.05, 3.63) is 35.6 Å². The third kappa shape index (κ3) is 1.99. The number of rotatable bonds is 2. The van der Waals surface area contributed by atoms with Crippen molar-refractivity contribution in [2.75, 3.05) is 6.54 Å². The normalized spacial score (nSPS) is 25.4. The number of halogens is 1. The molecule has 0 aromatic heterocycles. The molecule has 0 amide bonds. The molecule has 1 aliphatic rings. The third-order valence-corrected chi connectivity index (χ3v) is 2.87. The van der Waals surface area contributed by atoms with E-state index in [1.807, 2.05) is 5.32 Å². The summed E-state index contributed by atoms with van der Waals surface area (Å²) in [6, 6.07) is 5.90. The largest absolute Gasteiger partial charge is 0.550 e. The van der Waals surface area contributed by atoms with Crippen LogP contribution in [0.25, 0.3) is 0 Å². The molecule has 1 saturated heterocycles. The van der Waals surface area contributed by atoms with Gasteiger partial charge in [0.1, 0.15) is 11.9 Å². The van der Waals surface area contributed by atoms with Gasteiger partial charge in [0.05, 0.1) is 18.4 Å². The van der Waals surface area contributed by atoms with Crippen LogP contribution in [0.15, 0.2) is 24.3 Å². The van der Waals surface area contributed by atoms with Gasteiger partial charge in [-0.2, -0.15) is 0 Å². The number of nitrogens with two attached hydrogens (primary N) is 1. The van der Waals surface area contributed by atoms with E-state index >= 15 is 0 Å². The summed E-state index contributed by atoms with van der Waals surface area (Å²) >= 11 is 0. The third-order valence-electron chi connectivity index (χ3n) is 2.87. The first kappa shape index (κ1) is 10.1. The van der Waals surface area contributed by atoms with E-state index in [4.69, 9.17) is 0 Å². The quantitative estimate of drug-likeness (QED) is 0.693. The Morgan fingerprint density at radius 3 is 3.00 bits per heavy atom. The van der Waals surface area contributed by atoms with Gasteiger partial charge in [0.25, 0.3) is 0 Å². The molecular formula is C11H12FNO2. The van der Waals surface area contributed by atoms with Crippen LogP contribution in [-0.4, -0.2) is 12.5 Å². The Kier molecular flexibility index (Phi) is 2.68. The lowest BCUT2D eigenvalue weighted by Crippen LogP contribution is -2.82. The summed E-state index contributed by atoms with van der Waals surface area (Å²) in [5.41, 5.74) is 0.724. The number of aliphatic carboxylic acids is 1. The average molecular weight is 209 g/mol. The molecule has 1 heterocycles. The van der Waals surface area contributed by atoms with Gasteiger partial charge in [-0.15, -0.1) is 0 Å². The van der Waals surface area contributed by atoms with E-state index in [1.54, 1.807) is 12.1 Å². The second-order valence-corrected chi connectivity index (χ2v) is 3.82. The Hall–Kier alpha value is -1.42. The fourth-order valence-corrected chi connectivity index (χ4v) is 2.15. The van der Waals surface area contributed by atoms with Gasteiger partial charge in [-0.1, -0.05) is 12.1 Å². The van der Waals surface area contributed by atoms with Gasteiger partial charge in [0.2, 0.25) is 0 Å². The lowest BCUT2D eigenvalue weighted by Gasteiger charge is -2.17. The minimum atomic E-state index is -1.04. The standard InChI is InChI=1S/C11H12FNO2/c12-8-3-1-2-7(6-8)10-9(11(14)15)4-5-13-10/h1-3,6,9-10,13H,4-5H2,(H,14,15)/t9-,10+/m0/s1. The van der Waals surface area contributed by atoms with Crippen LogP contribution in [0.5, 0.6) is 0 Å². The predicted molar refractivity (Wildman–Crippen MR) is 49.0 cm³/mol. The smallest absolute Gasteiger partial charge is 0.123 e. The van der Waals surface area contributed by atoms with Crippen LogP contribution in [0.3, 0.4) is 0 Å². The zero-order valence-corrected chi connectivity index (χ0v) is 8.15. The van der Waals surface area contributed by atoms with E-state index < -0.39 is 11.9 Å². The van der Waals surface area contributed by atoms with Crippen molar-refractivity contribution in [2.45, 2.75) is 12.5 Å². The molecule has 3 nitrogen and oxygen atoms in total. The molecule has 1 aromatic rings. The highest BCUT2D eigenvalue weighted by molar-refractivity contribution is 5.69. The lowest BCUT2D eigenvalue weighted by molar-refractivity contribution is -0.679. The molecule has 0 saturated carbocycles. The van der Waals surface area contributed by atoms with Crippen molar-refractivity contribution in [3.8, 4) is 0 Å². The first-order valence-electron chi connectivity index (χ1n) is 4.98. The molecule has 0 spiro atoms. The number of benzene rings is 1. The highest BCUT2D eigenvalue weighted by atomic mass is 19.1. The van der Waals surface area contributed by atoms with E-state index in [1.165, 1.54) is 12.1 Å². The van der Waals surface area contributed by atoms with Gasteiger partial charge < -0.3 is 15.2 Å². The fourth-order valence-electron chi connectivity index (χ4n) is 2.15. The van der Waals surface area contributed by atoms with Crippen molar-refractivity contribution in [1.82, 2.24) is 0 Å². The summed E-state index contributed by atoms with van der Waals surface area (Å²) in [5, 5.41) is 12.8. The summed E-state index contributed by atoms with van der Waals surface area (Å²) in [5.74, 6) is -1.88. The fraction of sp³-hybridized carbons (Fsp3) is 0.364. The SMILES string of the molecule is O=C([O-])[C@H]1CC[NH2+][C@@H]1c1cccc(F)c1. The molecule has 80 valence electrons. The van der Waals surface area contributed by atoms with E-state index in [0.717, 1.165) is 12.1 Å². The number of quaternary nitrogens is 1. The van der Waals surface area contributed by atoms with Gasteiger partial charge in [0.15, 0.2) is 0 Å². The number of carboxylic acids is 1. The Balaban J connectivity index is 2.26. The summed E-state index contributed by atoms with van der Waals surface area (Å²) in [6.45, 7) is 0.750. The molecule has 0 unspecified atom stereocenters. The molecule has 2 atom stereocenters. The molecule has 0 aliphatic carbocycles. The Bertz CT molecular complexity index is 381. The van der Waals surface area contributed by atoms with Crippen molar-refractivity contribution in [2.24, 2.45) is 5.92 Å². The number of hydrogen-bond donors (Lipinski definition) is 1. The topological polar surface area (TPSA) is 56.7 Å². The molecule has 1 aromatic carbocycles. The van der Waals surface area contributed by atoms with Crippen molar-refractivity contribution < 1.29 is 19.6 Å². The van der Waals surface area contributed by atoms with Crippen molar-refractivity contribution >= 4 is 5.97 Å². The Labute approximate surface area is 86.9 Å². The summed E-state index contributed by atoms with van der Waals surface area (Å²) in [6.07, 6.45) is 0.587. The van der Waals surface area contributed by atoms with Gasteiger partial charge >= 0.3 is 0 Å². The van der Waals surface area contributed by atoms with Crippen LogP contribution in [0.1, 0.15) is 18.0 Å². The van der Waals surface area contributed by atoms with Gasteiger partial charge in [-0.05, 0) is 12.1 Å². The maximum absolute atomic E-state index is 13.0. The maximum atomic E-state index is 13.0. The number of hydrogen-bond acceptors (Lipinski definition) is 2. The van der Waals surface area contributed by atoms with Crippen LogP contribution in [0, 0.1) is 11.7 Å². The van der Waals surface area contributed by atoms with Crippen molar-refractivity contribution in [3.63, 3.8) is 0 Å². The van der Waals surface area contributed by atoms with Crippen LogP contribution >= 0.6 is 0 Å². The monoisotopic (exact) mass is 209 g/mol. The number of carbonyl (C=O) groups excluding carboxylic acids is 1. The minimum absolute atomic E-state index is 0.203. The van der Waals surface area contributed by atoms with Gasteiger partial charge in [-0.25, -0.2) is 4.39 Å². The number of carboxylic acid groups (broad SMARTS) is 1. The maximum Gasteiger partial charge on any atom is 0.123 e. The highest BCUT2D eigenvalue weighted by Gasteiger charge is 2.33. The van der Waals surface area contributed by atoms with E-state index in [2.05, 4.69) is 0 Å². The first-order valence-corrected chi connectivity index (χ1v) is 4.98. The highest BCUT2D eigenvalue weighted by Crippen LogP contribution is 2.24. The van der Waals surface area contributed by atoms with Gasteiger partial charge in [-0.3, -0.25) is 0 Å². The van der Waals surface area contributed by atoms with E-state index in [-0.39, 0.29) is 11.9 Å².